The Morgan fingerprint density at radius 1 is 1.55 bits per heavy atom. The SMILES string of the molecule is O=C(O)C1CCCN(Cc2cccc([N+](=O)[O-])c2Br)C1. The molecule has 1 aromatic carbocycles. The van der Waals surface area contributed by atoms with Crippen LogP contribution in [-0.4, -0.2) is 34.0 Å². The van der Waals surface area contributed by atoms with Crippen LogP contribution in [0, 0.1) is 16.0 Å². The molecule has 2 rings (SSSR count). The maximum absolute atomic E-state index is 11.0. The summed E-state index contributed by atoms with van der Waals surface area (Å²) in [6.07, 6.45) is 1.53. The first-order valence-corrected chi connectivity index (χ1v) is 7.15. The number of nitro groups is 1. The van der Waals surface area contributed by atoms with Crippen LogP contribution < -0.4 is 0 Å². The van der Waals surface area contributed by atoms with E-state index < -0.39 is 10.9 Å². The predicted octanol–water partition coefficient (Wildman–Crippen LogP) is 2.65. The summed E-state index contributed by atoms with van der Waals surface area (Å²) >= 11 is 3.27. The number of halogens is 1. The van der Waals surface area contributed by atoms with E-state index in [2.05, 4.69) is 15.9 Å². The number of nitrogens with zero attached hydrogens (tertiary/aromatic N) is 2. The van der Waals surface area contributed by atoms with E-state index in [-0.39, 0.29) is 11.6 Å². The minimum atomic E-state index is -0.771. The largest absolute Gasteiger partial charge is 0.481 e. The summed E-state index contributed by atoms with van der Waals surface area (Å²) in [6.45, 7) is 1.83. The molecule has 0 aliphatic carbocycles. The fourth-order valence-electron chi connectivity index (χ4n) is 2.47. The number of benzene rings is 1. The molecule has 0 saturated carbocycles. The molecule has 1 atom stereocenters. The molecule has 6 nitrogen and oxygen atoms in total. The first-order chi connectivity index (χ1) is 9.49. The molecule has 1 unspecified atom stereocenters. The van der Waals surface area contributed by atoms with Crippen molar-refractivity contribution in [1.29, 1.82) is 0 Å². The highest BCUT2D eigenvalue weighted by atomic mass is 79.9. The van der Waals surface area contributed by atoms with Gasteiger partial charge in [0.25, 0.3) is 5.69 Å². The van der Waals surface area contributed by atoms with E-state index in [4.69, 9.17) is 5.11 Å². The van der Waals surface area contributed by atoms with Crippen molar-refractivity contribution in [3.63, 3.8) is 0 Å². The van der Waals surface area contributed by atoms with E-state index in [1.165, 1.54) is 6.07 Å². The minimum absolute atomic E-state index is 0.0364. The molecule has 1 fully saturated rings. The fraction of sp³-hybridized carbons (Fsp3) is 0.462. The molecule has 0 amide bonds. The quantitative estimate of drug-likeness (QED) is 0.671. The standard InChI is InChI=1S/C13H15BrN2O4/c14-12-9(3-1-5-11(12)16(19)20)7-15-6-2-4-10(8-15)13(17)18/h1,3,5,10H,2,4,6-8H2,(H,17,18). The zero-order chi connectivity index (χ0) is 14.7. The van der Waals surface area contributed by atoms with Crippen molar-refractivity contribution in [3.8, 4) is 0 Å². The number of piperidine rings is 1. The number of carboxylic acids is 1. The van der Waals surface area contributed by atoms with Gasteiger partial charge in [-0.2, -0.15) is 0 Å². The van der Waals surface area contributed by atoms with E-state index >= 15 is 0 Å². The summed E-state index contributed by atoms with van der Waals surface area (Å²) in [6, 6.07) is 4.92. The summed E-state index contributed by atoms with van der Waals surface area (Å²) in [5, 5.41) is 20.0. The molecule has 1 heterocycles. The van der Waals surface area contributed by atoms with Crippen LogP contribution in [0.1, 0.15) is 18.4 Å². The molecule has 108 valence electrons. The van der Waals surface area contributed by atoms with Gasteiger partial charge in [0.15, 0.2) is 0 Å². The molecule has 1 aliphatic rings. The third-order valence-corrected chi connectivity index (χ3v) is 4.42. The lowest BCUT2D eigenvalue weighted by Crippen LogP contribution is -2.38. The Morgan fingerprint density at radius 3 is 2.95 bits per heavy atom. The number of likely N-dealkylation sites (tertiary alicyclic amines) is 1. The number of carbonyl (C=O) groups is 1. The average molecular weight is 343 g/mol. The molecule has 1 saturated heterocycles. The monoisotopic (exact) mass is 342 g/mol. The summed E-state index contributed by atoms with van der Waals surface area (Å²) in [7, 11) is 0. The lowest BCUT2D eigenvalue weighted by Gasteiger charge is -2.30. The van der Waals surface area contributed by atoms with Gasteiger partial charge in [-0.3, -0.25) is 19.8 Å². The molecule has 1 N–H and O–H groups in total. The Morgan fingerprint density at radius 2 is 2.30 bits per heavy atom. The second kappa shape index (κ2) is 6.32. The zero-order valence-corrected chi connectivity index (χ0v) is 12.4. The van der Waals surface area contributed by atoms with Crippen molar-refractivity contribution in [2.24, 2.45) is 5.92 Å². The molecule has 20 heavy (non-hydrogen) atoms. The van der Waals surface area contributed by atoms with Gasteiger partial charge >= 0.3 is 5.97 Å². The second-order valence-corrected chi connectivity index (χ2v) is 5.71. The lowest BCUT2D eigenvalue weighted by atomic mass is 9.98. The topological polar surface area (TPSA) is 83.7 Å². The van der Waals surface area contributed by atoms with Crippen LogP contribution in [-0.2, 0) is 11.3 Å². The third-order valence-electron chi connectivity index (χ3n) is 3.50. The summed E-state index contributed by atoms with van der Waals surface area (Å²) in [5.41, 5.74) is 0.847. The first-order valence-electron chi connectivity index (χ1n) is 6.36. The molecule has 1 aromatic rings. The van der Waals surface area contributed by atoms with E-state index in [0.717, 1.165) is 18.5 Å². The van der Waals surface area contributed by atoms with Crippen molar-refractivity contribution in [3.05, 3.63) is 38.3 Å². The summed E-state index contributed by atoms with van der Waals surface area (Å²) < 4.78 is 0.474. The van der Waals surface area contributed by atoms with Gasteiger partial charge < -0.3 is 5.11 Å². The average Bonchev–Trinajstić information content (AvgIpc) is 2.41. The third kappa shape index (κ3) is 3.34. The number of aliphatic carboxylic acids is 1. The highest BCUT2D eigenvalue weighted by molar-refractivity contribution is 9.10. The Hall–Kier alpha value is -1.47. The van der Waals surface area contributed by atoms with Crippen LogP contribution >= 0.6 is 15.9 Å². The van der Waals surface area contributed by atoms with E-state index in [1.807, 2.05) is 11.0 Å². The molecular formula is C13H15BrN2O4. The minimum Gasteiger partial charge on any atom is -0.481 e. The second-order valence-electron chi connectivity index (χ2n) is 4.92. The van der Waals surface area contributed by atoms with Crippen LogP contribution in [0.5, 0.6) is 0 Å². The highest BCUT2D eigenvalue weighted by Gasteiger charge is 2.26. The maximum atomic E-state index is 11.0. The number of hydrogen-bond acceptors (Lipinski definition) is 4. The van der Waals surface area contributed by atoms with Crippen molar-refractivity contribution in [2.75, 3.05) is 13.1 Å². The van der Waals surface area contributed by atoms with Crippen LogP contribution in [0.2, 0.25) is 0 Å². The normalized spacial score (nSPS) is 19.8. The summed E-state index contributed by atoms with van der Waals surface area (Å²) in [5.74, 6) is -1.12. The number of hydrogen-bond donors (Lipinski definition) is 1. The Balaban J connectivity index is 2.12. The number of rotatable bonds is 4. The smallest absolute Gasteiger partial charge is 0.307 e. The van der Waals surface area contributed by atoms with Crippen molar-refractivity contribution < 1.29 is 14.8 Å². The lowest BCUT2D eigenvalue weighted by molar-refractivity contribution is -0.385. The van der Waals surface area contributed by atoms with Crippen LogP contribution in [0.25, 0.3) is 0 Å². The van der Waals surface area contributed by atoms with Gasteiger partial charge in [0.1, 0.15) is 0 Å². The Bertz CT molecular complexity index is 535. The van der Waals surface area contributed by atoms with Gasteiger partial charge in [0, 0.05) is 19.2 Å². The molecule has 0 radical (unpaired) electrons. The first kappa shape index (κ1) is 14.9. The fourth-order valence-corrected chi connectivity index (χ4v) is 3.01. The van der Waals surface area contributed by atoms with Gasteiger partial charge in [0.05, 0.1) is 15.3 Å². The molecule has 0 bridgehead atoms. The van der Waals surface area contributed by atoms with Gasteiger partial charge in [-0.25, -0.2) is 0 Å². The van der Waals surface area contributed by atoms with Gasteiger partial charge in [-0.05, 0) is 40.9 Å². The molecule has 7 heteroatoms. The van der Waals surface area contributed by atoms with E-state index in [0.29, 0.717) is 24.0 Å². The molecule has 1 aliphatic heterocycles. The van der Waals surface area contributed by atoms with E-state index in [1.54, 1.807) is 6.07 Å². The van der Waals surface area contributed by atoms with Crippen molar-refractivity contribution in [2.45, 2.75) is 19.4 Å². The van der Waals surface area contributed by atoms with Crippen molar-refractivity contribution in [1.82, 2.24) is 4.90 Å². The van der Waals surface area contributed by atoms with Crippen molar-refractivity contribution >= 4 is 27.6 Å². The predicted molar refractivity (Wildman–Crippen MR) is 76.4 cm³/mol. The van der Waals surface area contributed by atoms with E-state index in [9.17, 15) is 14.9 Å². The van der Waals surface area contributed by atoms with Gasteiger partial charge in [-0.1, -0.05) is 12.1 Å². The van der Waals surface area contributed by atoms with Crippen LogP contribution in [0.4, 0.5) is 5.69 Å². The summed E-state index contributed by atoms with van der Waals surface area (Å²) in [4.78, 5) is 23.5. The van der Waals surface area contributed by atoms with Gasteiger partial charge in [0.2, 0.25) is 0 Å². The Labute approximate surface area is 124 Å². The van der Waals surface area contributed by atoms with Crippen LogP contribution in [0.3, 0.4) is 0 Å². The van der Waals surface area contributed by atoms with Crippen LogP contribution in [0.15, 0.2) is 22.7 Å². The Kier molecular flexibility index (Phi) is 4.72. The number of carboxylic acid groups (broad SMARTS) is 1. The van der Waals surface area contributed by atoms with Gasteiger partial charge in [-0.15, -0.1) is 0 Å². The zero-order valence-electron chi connectivity index (χ0n) is 10.8. The molecule has 0 aromatic heterocycles. The highest BCUT2D eigenvalue weighted by Crippen LogP contribution is 2.30. The molecule has 0 spiro atoms. The maximum Gasteiger partial charge on any atom is 0.307 e. The molecular weight excluding hydrogens is 328 g/mol. The number of nitro benzene ring substituents is 1.